The third-order valence-corrected chi connectivity index (χ3v) is 3.14. The van der Waals surface area contributed by atoms with Gasteiger partial charge in [-0.1, -0.05) is 38.1 Å². The first kappa shape index (κ1) is 12.2. The van der Waals surface area contributed by atoms with Crippen molar-refractivity contribution in [1.82, 2.24) is 0 Å². The molecule has 0 saturated heterocycles. The van der Waals surface area contributed by atoms with Gasteiger partial charge in [0, 0.05) is 6.04 Å². The molecule has 0 saturated carbocycles. The van der Waals surface area contributed by atoms with E-state index in [9.17, 15) is 0 Å². The fraction of sp³-hybridized carbons (Fsp3) is 0.538. The zero-order chi connectivity index (χ0) is 11.4. The van der Waals surface area contributed by atoms with E-state index in [0.717, 1.165) is 0 Å². The average Bonchev–Trinajstić information content (AvgIpc) is 2.18. The van der Waals surface area contributed by atoms with Gasteiger partial charge in [-0.05, 0) is 36.4 Å². The topological polar surface area (TPSA) is 52.0 Å². The van der Waals surface area contributed by atoms with Gasteiger partial charge in [0.15, 0.2) is 0 Å². The van der Waals surface area contributed by atoms with Crippen molar-refractivity contribution in [1.29, 1.82) is 0 Å². The van der Waals surface area contributed by atoms with Crippen molar-refractivity contribution in [2.75, 3.05) is 6.54 Å². The van der Waals surface area contributed by atoms with Crippen LogP contribution in [-0.4, -0.2) is 6.54 Å². The molecule has 0 spiro atoms. The van der Waals surface area contributed by atoms with Gasteiger partial charge in [0.25, 0.3) is 0 Å². The minimum Gasteiger partial charge on any atom is -0.330 e. The Labute approximate surface area is 92.7 Å². The molecule has 0 aliphatic heterocycles. The molecular formula is C13H22N2. The molecule has 1 aromatic carbocycles. The van der Waals surface area contributed by atoms with Crippen LogP contribution in [0.4, 0.5) is 0 Å². The summed E-state index contributed by atoms with van der Waals surface area (Å²) < 4.78 is 0. The van der Waals surface area contributed by atoms with E-state index in [1.54, 1.807) is 0 Å². The number of hydrogen-bond donors (Lipinski definition) is 2. The summed E-state index contributed by atoms with van der Waals surface area (Å²) in [5.74, 6) is 0.871. The molecule has 0 aliphatic rings. The summed E-state index contributed by atoms with van der Waals surface area (Å²) >= 11 is 0. The Kier molecular flexibility index (Phi) is 4.30. The Morgan fingerprint density at radius 3 is 2.27 bits per heavy atom. The monoisotopic (exact) mass is 206 g/mol. The average molecular weight is 206 g/mol. The maximum atomic E-state index is 6.27. The molecule has 0 aliphatic carbocycles. The molecule has 84 valence electrons. The SMILES string of the molecule is Cc1ccccc1C(N)C(CN)C(C)C. The number of rotatable bonds is 4. The van der Waals surface area contributed by atoms with Gasteiger partial charge in [0.1, 0.15) is 0 Å². The molecule has 0 radical (unpaired) electrons. The van der Waals surface area contributed by atoms with Crippen LogP contribution in [0.5, 0.6) is 0 Å². The number of aryl methyl sites for hydroxylation is 1. The molecule has 1 rings (SSSR count). The molecule has 15 heavy (non-hydrogen) atoms. The van der Waals surface area contributed by atoms with E-state index in [1.807, 2.05) is 12.1 Å². The van der Waals surface area contributed by atoms with Gasteiger partial charge in [-0.2, -0.15) is 0 Å². The van der Waals surface area contributed by atoms with Crippen LogP contribution in [0.3, 0.4) is 0 Å². The minimum absolute atomic E-state index is 0.0520. The Morgan fingerprint density at radius 1 is 1.20 bits per heavy atom. The smallest absolute Gasteiger partial charge is 0.0340 e. The van der Waals surface area contributed by atoms with Crippen molar-refractivity contribution in [3.8, 4) is 0 Å². The van der Waals surface area contributed by atoms with Gasteiger partial charge >= 0.3 is 0 Å². The highest BCUT2D eigenvalue weighted by atomic mass is 14.7. The van der Waals surface area contributed by atoms with Crippen molar-refractivity contribution in [3.05, 3.63) is 35.4 Å². The maximum Gasteiger partial charge on any atom is 0.0340 e. The highest BCUT2D eigenvalue weighted by Gasteiger charge is 2.22. The zero-order valence-electron chi connectivity index (χ0n) is 9.90. The Balaban J connectivity index is 2.92. The molecule has 2 nitrogen and oxygen atoms in total. The lowest BCUT2D eigenvalue weighted by Gasteiger charge is -2.27. The summed E-state index contributed by atoms with van der Waals surface area (Å²) in [6, 6.07) is 8.33. The van der Waals surface area contributed by atoms with Crippen LogP contribution in [0.1, 0.15) is 31.0 Å². The quantitative estimate of drug-likeness (QED) is 0.793. The Bertz CT molecular complexity index is 307. The van der Waals surface area contributed by atoms with Crippen LogP contribution in [0.25, 0.3) is 0 Å². The largest absolute Gasteiger partial charge is 0.330 e. The van der Waals surface area contributed by atoms with Crippen LogP contribution in [0.15, 0.2) is 24.3 Å². The second-order valence-corrected chi connectivity index (χ2v) is 4.53. The fourth-order valence-corrected chi connectivity index (χ4v) is 2.02. The molecule has 1 aromatic rings. The van der Waals surface area contributed by atoms with Crippen molar-refractivity contribution in [2.45, 2.75) is 26.8 Å². The second kappa shape index (κ2) is 5.29. The lowest BCUT2D eigenvalue weighted by atomic mass is 9.84. The van der Waals surface area contributed by atoms with Crippen LogP contribution in [-0.2, 0) is 0 Å². The first-order chi connectivity index (χ1) is 7.07. The first-order valence-corrected chi connectivity index (χ1v) is 5.59. The van der Waals surface area contributed by atoms with E-state index in [4.69, 9.17) is 11.5 Å². The summed E-state index contributed by atoms with van der Waals surface area (Å²) in [5, 5.41) is 0. The van der Waals surface area contributed by atoms with Crippen molar-refractivity contribution >= 4 is 0 Å². The minimum atomic E-state index is 0.0520. The van der Waals surface area contributed by atoms with Crippen molar-refractivity contribution < 1.29 is 0 Å². The van der Waals surface area contributed by atoms with Crippen LogP contribution >= 0.6 is 0 Å². The first-order valence-electron chi connectivity index (χ1n) is 5.59. The lowest BCUT2D eigenvalue weighted by molar-refractivity contribution is 0.330. The summed E-state index contributed by atoms with van der Waals surface area (Å²) in [7, 11) is 0. The molecule has 0 aromatic heterocycles. The van der Waals surface area contributed by atoms with Crippen molar-refractivity contribution in [3.63, 3.8) is 0 Å². The predicted molar refractivity (Wildman–Crippen MR) is 65.5 cm³/mol. The second-order valence-electron chi connectivity index (χ2n) is 4.53. The van der Waals surface area contributed by atoms with E-state index in [1.165, 1.54) is 11.1 Å². The summed E-state index contributed by atoms with van der Waals surface area (Å²) in [4.78, 5) is 0. The standard InChI is InChI=1S/C13H22N2/c1-9(2)12(8-14)13(15)11-7-5-4-6-10(11)3/h4-7,9,12-13H,8,14-15H2,1-3H3. The highest BCUT2D eigenvalue weighted by molar-refractivity contribution is 5.29. The van der Waals surface area contributed by atoms with E-state index in [0.29, 0.717) is 18.4 Å². The van der Waals surface area contributed by atoms with Gasteiger partial charge < -0.3 is 11.5 Å². The fourth-order valence-electron chi connectivity index (χ4n) is 2.02. The van der Waals surface area contributed by atoms with Crippen molar-refractivity contribution in [2.24, 2.45) is 23.3 Å². The third kappa shape index (κ3) is 2.80. The maximum absolute atomic E-state index is 6.27. The van der Waals surface area contributed by atoms with E-state index in [-0.39, 0.29) is 6.04 Å². The Morgan fingerprint density at radius 2 is 1.80 bits per heavy atom. The molecular weight excluding hydrogens is 184 g/mol. The van der Waals surface area contributed by atoms with Gasteiger partial charge in [0.05, 0.1) is 0 Å². The number of hydrogen-bond acceptors (Lipinski definition) is 2. The van der Waals surface area contributed by atoms with E-state index >= 15 is 0 Å². The summed E-state index contributed by atoms with van der Waals surface area (Å²) in [6.07, 6.45) is 0. The molecule has 2 heteroatoms. The van der Waals surface area contributed by atoms with Gasteiger partial charge in [-0.3, -0.25) is 0 Å². The Hall–Kier alpha value is -0.860. The normalized spacial score (nSPS) is 15.3. The number of nitrogens with two attached hydrogens (primary N) is 2. The molecule has 2 unspecified atom stereocenters. The number of benzene rings is 1. The van der Waals surface area contributed by atoms with E-state index < -0.39 is 0 Å². The molecule has 0 heterocycles. The third-order valence-electron chi connectivity index (χ3n) is 3.14. The van der Waals surface area contributed by atoms with Crippen LogP contribution in [0.2, 0.25) is 0 Å². The summed E-state index contributed by atoms with van der Waals surface area (Å²) in [5.41, 5.74) is 14.5. The molecule has 0 bridgehead atoms. The zero-order valence-corrected chi connectivity index (χ0v) is 9.90. The molecule has 2 atom stereocenters. The van der Waals surface area contributed by atoms with E-state index in [2.05, 4.69) is 32.9 Å². The van der Waals surface area contributed by atoms with Gasteiger partial charge in [-0.15, -0.1) is 0 Å². The molecule has 0 amide bonds. The molecule has 0 fully saturated rings. The van der Waals surface area contributed by atoms with Gasteiger partial charge in [0.2, 0.25) is 0 Å². The molecule has 4 N–H and O–H groups in total. The van der Waals surface area contributed by atoms with Gasteiger partial charge in [-0.25, -0.2) is 0 Å². The van der Waals surface area contributed by atoms with Crippen LogP contribution in [0, 0.1) is 18.8 Å². The lowest BCUT2D eigenvalue weighted by Crippen LogP contribution is -2.32. The highest BCUT2D eigenvalue weighted by Crippen LogP contribution is 2.26. The van der Waals surface area contributed by atoms with Crippen LogP contribution < -0.4 is 11.5 Å². The summed E-state index contributed by atoms with van der Waals surface area (Å²) in [6.45, 7) is 7.10. The predicted octanol–water partition coefficient (Wildman–Crippen LogP) is 2.23.